The Morgan fingerprint density at radius 2 is 1.94 bits per heavy atom. The first-order valence-electron chi connectivity index (χ1n) is 9.72. The molecule has 15 heteroatoms. The normalized spacial score (nSPS) is 18.7. The molecule has 0 amide bonds. The van der Waals surface area contributed by atoms with Gasteiger partial charge < -0.3 is 15.3 Å². The molecule has 11 nitrogen and oxygen atoms in total. The van der Waals surface area contributed by atoms with Gasteiger partial charge in [0.2, 0.25) is 12.3 Å². The van der Waals surface area contributed by atoms with E-state index in [2.05, 4.69) is 30.6 Å². The van der Waals surface area contributed by atoms with Crippen molar-refractivity contribution in [1.29, 1.82) is 5.26 Å². The molecule has 0 bridgehead atoms. The molecule has 174 valence electrons. The molecule has 5 rings (SSSR count). The number of nitrogens with one attached hydrogen (secondary N) is 1. The smallest absolute Gasteiger partial charge is 0.356 e. The lowest BCUT2D eigenvalue weighted by molar-refractivity contribution is -0.182. The van der Waals surface area contributed by atoms with Crippen LogP contribution in [-0.2, 0) is 5.41 Å². The molecule has 1 aliphatic rings. The van der Waals surface area contributed by atoms with E-state index in [1.807, 2.05) is 6.07 Å². The summed E-state index contributed by atoms with van der Waals surface area (Å²) in [6.07, 6.45) is -1.23. The fraction of sp³-hybridized carbons (Fsp3) is 0.263. The number of halogens is 4. The van der Waals surface area contributed by atoms with Crippen LogP contribution in [0.4, 0.5) is 28.9 Å². The van der Waals surface area contributed by atoms with Gasteiger partial charge in [0.05, 0.1) is 41.9 Å². The van der Waals surface area contributed by atoms with Gasteiger partial charge in [0.25, 0.3) is 0 Å². The largest absolute Gasteiger partial charge is 0.401 e. The van der Waals surface area contributed by atoms with E-state index in [0.717, 1.165) is 33.4 Å². The van der Waals surface area contributed by atoms with Crippen molar-refractivity contribution in [2.45, 2.75) is 24.9 Å². The Morgan fingerprint density at radius 1 is 1.21 bits per heavy atom. The van der Waals surface area contributed by atoms with Gasteiger partial charge in [0, 0.05) is 12.6 Å². The third-order valence-corrected chi connectivity index (χ3v) is 5.56. The van der Waals surface area contributed by atoms with Gasteiger partial charge in [-0.05, 0) is 13.0 Å². The summed E-state index contributed by atoms with van der Waals surface area (Å²) < 4.78 is 57.0. The van der Waals surface area contributed by atoms with Crippen LogP contribution in [0.2, 0.25) is 0 Å². The fourth-order valence-electron chi connectivity index (χ4n) is 3.90. The van der Waals surface area contributed by atoms with Crippen molar-refractivity contribution in [2.24, 2.45) is 0 Å². The van der Waals surface area contributed by atoms with E-state index in [1.54, 1.807) is 0 Å². The number of fused-ring (bicyclic) bond motifs is 3. The zero-order chi connectivity index (χ0) is 24.3. The predicted molar refractivity (Wildman–Crippen MR) is 107 cm³/mol. The van der Waals surface area contributed by atoms with E-state index >= 15 is 0 Å². The van der Waals surface area contributed by atoms with Gasteiger partial charge in [0.1, 0.15) is 17.0 Å². The molecule has 0 saturated heterocycles. The van der Waals surface area contributed by atoms with Gasteiger partial charge >= 0.3 is 6.18 Å². The van der Waals surface area contributed by atoms with Crippen molar-refractivity contribution in [3.8, 4) is 11.9 Å². The number of aromatic nitrogens is 7. The van der Waals surface area contributed by atoms with Crippen molar-refractivity contribution < 1.29 is 22.7 Å². The Kier molecular flexibility index (Phi) is 4.65. The molecule has 0 aromatic carbocycles. The minimum atomic E-state index is -4.75. The van der Waals surface area contributed by atoms with Crippen LogP contribution in [0.3, 0.4) is 0 Å². The number of rotatable bonds is 4. The number of aliphatic hydroxyl groups is 1. The molecular weight excluding hydrogens is 460 g/mol. The molecule has 4 aromatic rings. The van der Waals surface area contributed by atoms with Gasteiger partial charge in [-0.15, -0.1) is 9.90 Å². The second-order valence-electron chi connectivity index (χ2n) is 7.73. The third-order valence-electron chi connectivity index (χ3n) is 5.56. The number of alkyl halides is 3. The molecule has 5 heterocycles. The zero-order valence-corrected chi connectivity index (χ0v) is 17.2. The molecule has 0 radical (unpaired) electrons. The average Bonchev–Trinajstić information content (AvgIpc) is 3.50. The van der Waals surface area contributed by atoms with Crippen LogP contribution in [0.15, 0.2) is 36.9 Å². The number of aliphatic hydroxyl groups excluding tert-OH is 1. The van der Waals surface area contributed by atoms with Crippen molar-refractivity contribution in [2.75, 3.05) is 16.8 Å². The average molecular weight is 474 g/mol. The number of nitrogens with zero attached hydrogens (tertiary/aromatic N) is 9. The summed E-state index contributed by atoms with van der Waals surface area (Å²) in [6.45, 7) is 0.245. The van der Waals surface area contributed by atoms with Gasteiger partial charge in [-0.25, -0.2) is 14.5 Å². The highest BCUT2D eigenvalue weighted by Gasteiger charge is 2.60. The van der Waals surface area contributed by atoms with Crippen LogP contribution in [0.5, 0.6) is 0 Å². The Labute approximate surface area is 187 Å². The van der Waals surface area contributed by atoms with E-state index in [1.165, 1.54) is 24.7 Å². The highest BCUT2D eigenvalue weighted by Crippen LogP contribution is 2.50. The predicted octanol–water partition coefficient (Wildman–Crippen LogP) is 1.74. The van der Waals surface area contributed by atoms with Crippen molar-refractivity contribution in [3.63, 3.8) is 0 Å². The quantitative estimate of drug-likeness (QED) is 0.335. The van der Waals surface area contributed by atoms with E-state index in [0.29, 0.717) is 0 Å². The van der Waals surface area contributed by atoms with Gasteiger partial charge in [-0.1, -0.05) is 0 Å². The van der Waals surface area contributed by atoms with E-state index < -0.39 is 30.4 Å². The molecule has 0 fully saturated rings. The Balaban J connectivity index is 1.52. The molecule has 0 aliphatic carbocycles. The first-order valence-corrected chi connectivity index (χ1v) is 9.72. The first kappa shape index (κ1) is 21.5. The maximum absolute atomic E-state index is 14.2. The molecule has 2 atom stereocenters. The fourth-order valence-corrected chi connectivity index (χ4v) is 3.90. The SMILES string of the molecule is C[C@]1(C(F)(F)F)CN(C(O)Nc2cnc(-n3nccn3)c(C#N)c2)c2cnc3cc(F)nn3c21. The summed E-state index contributed by atoms with van der Waals surface area (Å²) in [4.78, 5) is 10.2. The zero-order valence-electron chi connectivity index (χ0n) is 17.2. The van der Waals surface area contributed by atoms with Crippen LogP contribution >= 0.6 is 0 Å². The maximum atomic E-state index is 14.2. The minimum Gasteiger partial charge on any atom is -0.356 e. The summed E-state index contributed by atoms with van der Waals surface area (Å²) >= 11 is 0. The highest BCUT2D eigenvalue weighted by atomic mass is 19.4. The lowest BCUT2D eigenvalue weighted by Crippen LogP contribution is -2.48. The van der Waals surface area contributed by atoms with Gasteiger partial charge in [0.15, 0.2) is 11.5 Å². The van der Waals surface area contributed by atoms with Crippen molar-refractivity contribution in [3.05, 3.63) is 54.1 Å². The Bertz CT molecular complexity index is 1430. The van der Waals surface area contributed by atoms with Gasteiger partial charge in [-0.3, -0.25) is 0 Å². The van der Waals surface area contributed by atoms with E-state index in [9.17, 15) is 27.9 Å². The van der Waals surface area contributed by atoms with Crippen LogP contribution in [0.25, 0.3) is 11.5 Å². The second kappa shape index (κ2) is 7.35. The van der Waals surface area contributed by atoms with Crippen molar-refractivity contribution >= 4 is 17.0 Å². The number of hydrogen-bond donors (Lipinski definition) is 2. The molecule has 34 heavy (non-hydrogen) atoms. The van der Waals surface area contributed by atoms with E-state index in [-0.39, 0.29) is 34.1 Å². The minimum absolute atomic E-state index is 0.0609. The van der Waals surface area contributed by atoms with Crippen LogP contribution in [-0.4, -0.2) is 58.8 Å². The van der Waals surface area contributed by atoms with Gasteiger partial charge in [-0.2, -0.15) is 33.0 Å². The molecule has 0 saturated carbocycles. The first-order chi connectivity index (χ1) is 16.1. The number of anilines is 2. The molecule has 4 aromatic heterocycles. The summed E-state index contributed by atoms with van der Waals surface area (Å²) in [5.41, 5.74) is -2.81. The number of nitriles is 1. The molecular formula is C19H14F4N10O. The summed E-state index contributed by atoms with van der Waals surface area (Å²) in [6, 6.07) is 4.20. The number of hydrogen-bond acceptors (Lipinski definition) is 9. The molecule has 0 spiro atoms. The van der Waals surface area contributed by atoms with Crippen LogP contribution < -0.4 is 10.2 Å². The number of pyridine rings is 1. The Hall–Kier alpha value is -4.32. The topological polar surface area (TPSA) is 133 Å². The standard InChI is InChI=1S/C19H14F4N10O/c1-18(19(21,22)23)9-31(12-8-25-14-5-13(20)30-32(14)15(12)18)17(34)29-11-4-10(6-24)16(26-7-11)33-27-2-3-28-33/h2-5,7-8,17,29,34H,9H2,1H3/t17?,18-/m0/s1. The molecule has 1 unspecified atom stereocenters. The monoisotopic (exact) mass is 474 g/mol. The third kappa shape index (κ3) is 3.18. The van der Waals surface area contributed by atoms with Crippen molar-refractivity contribution in [1.82, 2.24) is 34.6 Å². The summed E-state index contributed by atoms with van der Waals surface area (Å²) in [5.74, 6) is -0.847. The second-order valence-corrected chi connectivity index (χ2v) is 7.73. The van der Waals surface area contributed by atoms with Crippen LogP contribution in [0.1, 0.15) is 18.2 Å². The summed E-state index contributed by atoms with van der Waals surface area (Å²) in [7, 11) is 0. The van der Waals surface area contributed by atoms with Crippen LogP contribution in [0, 0.1) is 17.3 Å². The molecule has 2 N–H and O–H groups in total. The summed E-state index contributed by atoms with van der Waals surface area (Å²) in [5, 5.41) is 34.2. The lowest BCUT2D eigenvalue weighted by Gasteiger charge is -2.31. The lowest BCUT2D eigenvalue weighted by atomic mass is 9.87. The maximum Gasteiger partial charge on any atom is 0.401 e. The molecule has 1 aliphatic heterocycles. The Morgan fingerprint density at radius 3 is 2.62 bits per heavy atom. The van der Waals surface area contributed by atoms with E-state index in [4.69, 9.17) is 0 Å². The highest BCUT2D eigenvalue weighted by molar-refractivity contribution is 5.64.